The number of imidazole rings is 1. The van der Waals surface area contributed by atoms with Crippen molar-refractivity contribution in [1.82, 2.24) is 9.38 Å². The van der Waals surface area contributed by atoms with Crippen LogP contribution in [0.4, 0.5) is 5.69 Å². The molecule has 112 valence electrons. The van der Waals surface area contributed by atoms with Crippen LogP contribution in [0.25, 0.3) is 5.65 Å². The minimum Gasteiger partial charge on any atom is -0.319 e. The molecule has 0 saturated heterocycles. The third kappa shape index (κ3) is 2.65. The predicted octanol–water partition coefficient (Wildman–Crippen LogP) is 4.86. The Morgan fingerprint density at radius 1 is 1.18 bits per heavy atom. The largest absolute Gasteiger partial charge is 0.319 e. The van der Waals surface area contributed by atoms with E-state index in [1.165, 1.54) is 0 Å². The Morgan fingerprint density at radius 2 is 1.91 bits per heavy atom. The molecule has 0 atom stereocenters. The fraction of sp³-hybridized carbons (Fsp3) is 0.0667. The second kappa shape index (κ2) is 5.80. The molecule has 2 heterocycles. The highest BCUT2D eigenvalue weighted by Crippen LogP contribution is 2.26. The van der Waals surface area contributed by atoms with Crippen molar-refractivity contribution in [2.24, 2.45) is 0 Å². The molecule has 4 nitrogen and oxygen atoms in total. The van der Waals surface area contributed by atoms with Gasteiger partial charge in [-0.1, -0.05) is 46.9 Å². The van der Waals surface area contributed by atoms with Crippen LogP contribution in [0, 0.1) is 6.92 Å². The molecule has 2 aromatic heterocycles. The summed E-state index contributed by atoms with van der Waals surface area (Å²) in [5, 5.41) is 4.02. The Kier molecular flexibility index (Phi) is 4.00. The average Bonchev–Trinajstić information content (AvgIpc) is 2.78. The molecule has 0 saturated carbocycles. The number of amides is 1. The van der Waals surface area contributed by atoms with Gasteiger partial charge in [0.2, 0.25) is 0 Å². The van der Waals surface area contributed by atoms with E-state index in [0.717, 1.165) is 0 Å². The standard InChI is InChI=1S/C15H10Cl3N3O/c1-8-13(15(22)20-12-5-3-2-4-10(12)17)21-7-9(16)6-11(18)14(21)19-8/h2-7H,1H3,(H,20,22). The van der Waals surface area contributed by atoms with Crippen LogP contribution >= 0.6 is 34.8 Å². The third-order valence-electron chi connectivity index (χ3n) is 3.15. The highest BCUT2D eigenvalue weighted by molar-refractivity contribution is 6.36. The predicted molar refractivity (Wildman–Crippen MR) is 89.4 cm³/mol. The van der Waals surface area contributed by atoms with E-state index in [1.807, 2.05) is 0 Å². The number of carbonyl (C=O) groups excluding carboxylic acids is 1. The minimum absolute atomic E-state index is 0.337. The molecule has 3 aromatic rings. The normalized spacial score (nSPS) is 10.9. The van der Waals surface area contributed by atoms with E-state index in [0.29, 0.717) is 37.8 Å². The molecule has 0 aliphatic heterocycles. The molecule has 0 unspecified atom stereocenters. The number of pyridine rings is 1. The lowest BCUT2D eigenvalue weighted by atomic mass is 10.3. The van der Waals surface area contributed by atoms with Crippen LogP contribution in [0.1, 0.15) is 16.2 Å². The Hall–Kier alpha value is -1.75. The lowest BCUT2D eigenvalue weighted by Crippen LogP contribution is -2.15. The lowest BCUT2D eigenvalue weighted by Gasteiger charge is -2.08. The summed E-state index contributed by atoms with van der Waals surface area (Å²) in [5.74, 6) is -0.337. The molecule has 3 rings (SSSR count). The van der Waals surface area contributed by atoms with Crippen molar-refractivity contribution in [2.75, 3.05) is 5.32 Å². The molecule has 0 spiro atoms. The number of carbonyl (C=O) groups is 1. The van der Waals surface area contributed by atoms with Gasteiger partial charge < -0.3 is 5.32 Å². The van der Waals surface area contributed by atoms with Crippen LogP contribution in [0.2, 0.25) is 15.1 Å². The van der Waals surface area contributed by atoms with Gasteiger partial charge in [0.05, 0.1) is 26.4 Å². The third-order valence-corrected chi connectivity index (χ3v) is 3.97. The number of aryl methyl sites for hydroxylation is 1. The molecule has 0 fully saturated rings. The number of halogens is 3. The number of anilines is 1. The number of nitrogens with one attached hydrogen (secondary N) is 1. The first kappa shape index (κ1) is 15.2. The summed E-state index contributed by atoms with van der Waals surface area (Å²) in [6, 6.07) is 8.58. The van der Waals surface area contributed by atoms with E-state index in [-0.39, 0.29) is 5.91 Å². The number of rotatable bonds is 2. The van der Waals surface area contributed by atoms with Crippen molar-refractivity contribution in [3.05, 3.63) is 63.0 Å². The number of nitrogens with zero attached hydrogens (tertiary/aromatic N) is 2. The van der Waals surface area contributed by atoms with Gasteiger partial charge in [-0.15, -0.1) is 0 Å². The minimum atomic E-state index is -0.337. The van der Waals surface area contributed by atoms with Gasteiger partial charge in [0, 0.05) is 6.20 Å². The molecule has 0 radical (unpaired) electrons. The molecular weight excluding hydrogens is 345 g/mol. The van der Waals surface area contributed by atoms with Gasteiger partial charge in [-0.2, -0.15) is 0 Å². The molecule has 7 heteroatoms. The summed E-state index contributed by atoms with van der Waals surface area (Å²) < 4.78 is 1.58. The van der Waals surface area contributed by atoms with Gasteiger partial charge in [-0.3, -0.25) is 9.20 Å². The Morgan fingerprint density at radius 3 is 2.64 bits per heavy atom. The summed E-state index contributed by atoms with van der Waals surface area (Å²) in [6.07, 6.45) is 1.60. The van der Waals surface area contributed by atoms with Crippen LogP contribution in [0.3, 0.4) is 0 Å². The molecular formula is C15H10Cl3N3O. The number of fused-ring (bicyclic) bond motifs is 1. The SMILES string of the molecule is Cc1nc2c(Cl)cc(Cl)cn2c1C(=O)Nc1ccccc1Cl. The Balaban J connectivity index is 2.08. The van der Waals surface area contributed by atoms with Crippen molar-refractivity contribution >= 4 is 52.0 Å². The van der Waals surface area contributed by atoms with Gasteiger partial charge in [-0.25, -0.2) is 4.98 Å². The van der Waals surface area contributed by atoms with E-state index in [9.17, 15) is 4.79 Å². The van der Waals surface area contributed by atoms with Crippen LogP contribution < -0.4 is 5.32 Å². The maximum atomic E-state index is 12.6. The van der Waals surface area contributed by atoms with E-state index < -0.39 is 0 Å². The first-order valence-electron chi connectivity index (χ1n) is 6.37. The van der Waals surface area contributed by atoms with Gasteiger partial charge in [0.25, 0.3) is 5.91 Å². The number of para-hydroxylation sites is 1. The van der Waals surface area contributed by atoms with E-state index in [1.54, 1.807) is 47.9 Å². The number of hydrogen-bond acceptors (Lipinski definition) is 2. The highest BCUT2D eigenvalue weighted by Gasteiger charge is 2.19. The second-order valence-corrected chi connectivity index (χ2v) is 5.93. The average molecular weight is 355 g/mol. The van der Waals surface area contributed by atoms with Crippen LogP contribution in [0.15, 0.2) is 36.5 Å². The zero-order chi connectivity index (χ0) is 15.9. The summed E-state index contributed by atoms with van der Waals surface area (Å²) in [5.41, 5.74) is 1.91. The van der Waals surface area contributed by atoms with Crippen LogP contribution in [0.5, 0.6) is 0 Å². The van der Waals surface area contributed by atoms with Crippen LogP contribution in [-0.4, -0.2) is 15.3 Å². The maximum absolute atomic E-state index is 12.6. The Labute approximate surface area is 141 Å². The molecule has 1 aromatic carbocycles. The highest BCUT2D eigenvalue weighted by atomic mass is 35.5. The summed E-state index contributed by atoms with van der Waals surface area (Å²) >= 11 is 18.2. The molecule has 1 N–H and O–H groups in total. The molecule has 0 aliphatic rings. The summed E-state index contributed by atoms with van der Waals surface area (Å²) in [4.78, 5) is 16.9. The lowest BCUT2D eigenvalue weighted by molar-refractivity contribution is 0.102. The fourth-order valence-corrected chi connectivity index (χ4v) is 2.90. The van der Waals surface area contributed by atoms with Crippen molar-refractivity contribution < 1.29 is 4.79 Å². The fourth-order valence-electron chi connectivity index (χ4n) is 2.20. The molecule has 0 bridgehead atoms. The number of aromatic nitrogens is 2. The van der Waals surface area contributed by atoms with Gasteiger partial charge in [-0.05, 0) is 25.1 Å². The molecule has 0 aliphatic carbocycles. The molecule has 22 heavy (non-hydrogen) atoms. The number of benzene rings is 1. The van der Waals surface area contributed by atoms with E-state index in [4.69, 9.17) is 34.8 Å². The first-order valence-corrected chi connectivity index (χ1v) is 7.50. The van der Waals surface area contributed by atoms with E-state index >= 15 is 0 Å². The van der Waals surface area contributed by atoms with Crippen molar-refractivity contribution in [2.45, 2.75) is 6.92 Å². The van der Waals surface area contributed by atoms with Crippen molar-refractivity contribution in [1.29, 1.82) is 0 Å². The quantitative estimate of drug-likeness (QED) is 0.714. The Bertz CT molecular complexity index is 889. The van der Waals surface area contributed by atoms with Crippen molar-refractivity contribution in [3.8, 4) is 0 Å². The van der Waals surface area contributed by atoms with E-state index in [2.05, 4.69) is 10.3 Å². The maximum Gasteiger partial charge on any atom is 0.274 e. The molecule has 1 amide bonds. The smallest absolute Gasteiger partial charge is 0.274 e. The van der Waals surface area contributed by atoms with Crippen LogP contribution in [-0.2, 0) is 0 Å². The van der Waals surface area contributed by atoms with Gasteiger partial charge in [0.1, 0.15) is 5.69 Å². The summed E-state index contributed by atoms with van der Waals surface area (Å²) in [6.45, 7) is 1.73. The zero-order valence-electron chi connectivity index (χ0n) is 11.4. The monoisotopic (exact) mass is 353 g/mol. The second-order valence-electron chi connectivity index (χ2n) is 4.68. The van der Waals surface area contributed by atoms with Gasteiger partial charge >= 0.3 is 0 Å². The van der Waals surface area contributed by atoms with Crippen molar-refractivity contribution in [3.63, 3.8) is 0 Å². The van der Waals surface area contributed by atoms with Gasteiger partial charge in [0.15, 0.2) is 5.65 Å². The topological polar surface area (TPSA) is 46.4 Å². The zero-order valence-corrected chi connectivity index (χ0v) is 13.7. The summed E-state index contributed by atoms with van der Waals surface area (Å²) in [7, 11) is 0. The number of hydrogen-bond donors (Lipinski definition) is 1. The first-order chi connectivity index (χ1) is 10.5.